The van der Waals surface area contributed by atoms with E-state index in [0.717, 1.165) is 11.1 Å². The van der Waals surface area contributed by atoms with Gasteiger partial charge < -0.3 is 118 Å². The van der Waals surface area contributed by atoms with Crippen LogP contribution in [0.15, 0.2) is 72.8 Å². The molecule has 17 N–H and O–H groups in total. The molecule has 0 aliphatic heterocycles. The lowest BCUT2D eigenvalue weighted by atomic mass is 9.89. The van der Waals surface area contributed by atoms with Gasteiger partial charge in [0.1, 0.15) is 19.8 Å². The van der Waals surface area contributed by atoms with Gasteiger partial charge in [-0.2, -0.15) is 8.78 Å². The minimum Gasteiger partial charge on any atom is -0.481 e. The number of carboxylic acid groups (broad SMARTS) is 1. The highest BCUT2D eigenvalue weighted by Crippen LogP contribution is 2.30. The van der Waals surface area contributed by atoms with Crippen LogP contribution in [0.4, 0.5) is 53.4 Å². The van der Waals surface area contributed by atoms with Crippen molar-refractivity contribution in [2.45, 2.75) is 184 Å². The number of ketones is 3. The van der Waals surface area contributed by atoms with Crippen LogP contribution in [-0.2, 0) is 125 Å². The maximum absolute atomic E-state index is 13.6. The average molecular weight is 1890 g/mol. The van der Waals surface area contributed by atoms with Crippen LogP contribution >= 0.6 is 0 Å². The number of carbonyl (C=O) groups excluding carboxylic acids is 15. The topological polar surface area (TPSA) is 586 Å². The molecule has 0 spiro atoms. The molecule has 0 radical (unpaired) electrons. The largest absolute Gasteiger partial charge is 0.481 e. The molecule has 0 fully saturated rings. The van der Waals surface area contributed by atoms with Gasteiger partial charge in [-0.15, -0.1) is 0 Å². The van der Waals surface area contributed by atoms with Gasteiger partial charge in [-0.1, -0.05) is 77.9 Å². The van der Waals surface area contributed by atoms with Crippen molar-refractivity contribution in [3.63, 3.8) is 0 Å². The Morgan fingerprint density at radius 2 is 0.632 bits per heavy atom. The van der Waals surface area contributed by atoms with Crippen molar-refractivity contribution in [2.24, 2.45) is 58.4 Å². The third-order valence-electron chi connectivity index (χ3n) is 19.0. The number of aliphatic carboxylic acids is 1. The van der Waals surface area contributed by atoms with E-state index in [-0.39, 0.29) is 216 Å². The summed E-state index contributed by atoms with van der Waals surface area (Å²) < 4.78 is 118. The number of anilines is 3. The molecule has 0 bridgehead atoms. The Kier molecular flexibility index (Phi) is 58.1. The van der Waals surface area contributed by atoms with Gasteiger partial charge in [-0.05, 0) is 109 Å². The van der Waals surface area contributed by atoms with E-state index in [1.54, 1.807) is 100 Å². The predicted molar refractivity (Wildman–Crippen MR) is 471 cm³/mol. The molecule has 0 aliphatic rings. The third kappa shape index (κ3) is 52.6. The van der Waals surface area contributed by atoms with Crippen LogP contribution in [0, 0.1) is 64.6 Å². The number of nitrogens with one attached hydrogen (secondary N) is 8. The van der Waals surface area contributed by atoms with Gasteiger partial charge in [0.05, 0.1) is 110 Å². The zero-order valence-corrected chi connectivity index (χ0v) is 76.3. The number of Topliss-reactive ketones (excluding diaryl/α,β-unsaturated/α-hetero) is 3. The maximum atomic E-state index is 13.6. The molecule has 39 nitrogen and oxygen atoms in total. The van der Waals surface area contributed by atoms with Gasteiger partial charge in [-0.25, -0.2) is 27.6 Å². The number of carboxylic acids is 1. The molecule has 4 aromatic carbocycles. The zero-order chi connectivity index (χ0) is 99.5. The zero-order valence-electron chi connectivity index (χ0n) is 76.3. The average Bonchev–Trinajstić information content (AvgIpc) is 0.794. The number of hydrogen-bond donors (Lipinski definition) is 13. The summed E-state index contributed by atoms with van der Waals surface area (Å²) in [6, 6.07) is 15.8. The molecule has 0 unspecified atom stereocenters. The smallest absolute Gasteiger partial charge is 0.313 e. The van der Waals surface area contributed by atoms with Crippen LogP contribution < -0.4 is 70.2 Å². The molecule has 0 aromatic heterocycles. The summed E-state index contributed by atoms with van der Waals surface area (Å²) in [6.45, 7) is 17.0. The number of primary amides is 3. The summed E-state index contributed by atoms with van der Waals surface area (Å²) in [5, 5.41) is 29.8. The summed E-state index contributed by atoms with van der Waals surface area (Å²) in [6.07, 6.45) is 1.13. The SMILES string of the molecule is CC(=O)OCc1ccc(NC(=O)[C@H](CCCNC(N)=O)CC(=O)[C@@H](N)C(C)C)cc1.CC(=O)OCc1ccc(NC(=O)[C@H](CCCNC(N)=O)CC(=O)[C@@H](NC(=O)CCOCCOCCOCCC(=O)O)C(C)C)cc1.CC(=O)OCc1ccc(NC(=O)[C@H](CCCNC(N)=O)CC(=O)[C@@H](NC(=O)CCOCCOCCOCCC(=O)Oc2c(F)c(F)c(F)c(F)c2F)C(C)C)cc1. The molecular formula is C89H127F5N12O27. The first kappa shape index (κ1) is 117. The van der Waals surface area contributed by atoms with E-state index < -0.39 is 137 Å². The highest BCUT2D eigenvalue weighted by molar-refractivity contribution is 5.99. The van der Waals surface area contributed by atoms with E-state index in [1.807, 2.05) is 13.8 Å². The Morgan fingerprint density at radius 3 is 0.902 bits per heavy atom. The van der Waals surface area contributed by atoms with Gasteiger partial charge in [0.25, 0.3) is 0 Å². The molecule has 0 heterocycles. The number of halogens is 5. The van der Waals surface area contributed by atoms with Crippen molar-refractivity contribution in [2.75, 3.05) is 115 Å². The summed E-state index contributed by atoms with van der Waals surface area (Å²) in [7, 11) is 0. The third-order valence-corrected chi connectivity index (χ3v) is 19.0. The highest BCUT2D eigenvalue weighted by atomic mass is 19.2. The highest BCUT2D eigenvalue weighted by Gasteiger charge is 2.34. The minimum atomic E-state index is -2.38. The maximum Gasteiger partial charge on any atom is 0.313 e. The van der Waals surface area contributed by atoms with Gasteiger partial charge in [0, 0.05) is 107 Å². The van der Waals surface area contributed by atoms with Crippen LogP contribution in [0.2, 0.25) is 0 Å². The molecule has 6 atom stereocenters. The molecular weight excluding hydrogens is 1760 g/mol. The number of esters is 4. The normalized spacial score (nSPS) is 12.3. The number of hydrogen-bond acceptors (Lipinski definition) is 27. The molecule has 0 saturated heterocycles. The minimum absolute atomic E-state index is 0.00653. The van der Waals surface area contributed by atoms with Gasteiger partial charge >= 0.3 is 47.9 Å². The Hall–Kier alpha value is -12.2. The second-order valence-corrected chi connectivity index (χ2v) is 31.1. The van der Waals surface area contributed by atoms with Crippen LogP contribution in [0.3, 0.4) is 0 Å². The monoisotopic (exact) mass is 1890 g/mol. The van der Waals surface area contributed by atoms with Gasteiger partial charge in [0.15, 0.2) is 17.3 Å². The van der Waals surface area contributed by atoms with E-state index in [4.69, 9.17) is 70.7 Å². The Morgan fingerprint density at radius 1 is 0.361 bits per heavy atom. The molecule has 0 saturated carbocycles. The fraction of sp³-hybridized carbons (Fsp3) is 0.551. The number of amides is 11. The van der Waals surface area contributed by atoms with Crippen molar-refractivity contribution in [1.29, 1.82) is 0 Å². The molecule has 11 amide bonds. The number of urea groups is 3. The molecule has 4 aromatic rings. The summed E-state index contributed by atoms with van der Waals surface area (Å²) in [4.78, 5) is 192. The number of benzene rings is 4. The van der Waals surface area contributed by atoms with Gasteiger partial charge in [0.2, 0.25) is 64.4 Å². The van der Waals surface area contributed by atoms with Crippen molar-refractivity contribution in [3.8, 4) is 5.75 Å². The molecule has 133 heavy (non-hydrogen) atoms. The lowest BCUT2D eigenvalue weighted by molar-refractivity contribution is -0.143. The standard InChI is InChI=1S/C37H47F5N4O11.C31H48N4O11.C21H32N4O5/c1-21(2)34(26(48)19-24(5-4-12-44-37(43)52)36(51)45-25-8-6-23(7-9-25)20-56-22(3)47)46-27(49)10-13-53-15-17-55-18-16-54-14-11-28(50)57-35-32(41)30(39)29(38)31(40)33(35)42;1-21(2)29(35-27(38)10-13-43-15-17-45-18-16-44-14-11-28(39)40)26(37)19-24(5-4-12-33-31(32)42)30(41)34-25-8-6-23(7-9-25)20-46-22(3)36;1-13(2)19(22)18(27)11-16(5-4-10-24-21(23)29)20(28)25-17-8-6-15(7-9-17)12-30-14(3)26/h6-9,21,24,34H,4-5,10-20H2,1-3H3,(H,45,51)(H,46,49)(H3,43,44,52);6-9,21,24,29H,4-5,10-20H2,1-3H3,(H,34,41)(H,35,38)(H,39,40)(H3,32,33,42);6-9,13,16,19H,4-5,10-12,22H2,1-3H3,(H,25,28)(H3,23,24,29)/t24-,34+;24-,29+;16-,19+/m111/s1. The summed E-state index contributed by atoms with van der Waals surface area (Å²) in [5.41, 5.74) is 25.0. The van der Waals surface area contributed by atoms with Crippen molar-refractivity contribution >= 4 is 112 Å². The van der Waals surface area contributed by atoms with Crippen LogP contribution in [-0.4, -0.2) is 217 Å². The first-order valence-corrected chi connectivity index (χ1v) is 43.0. The lowest BCUT2D eigenvalue weighted by Crippen LogP contribution is -2.45. The van der Waals surface area contributed by atoms with Crippen molar-refractivity contribution < 1.29 is 151 Å². The van der Waals surface area contributed by atoms with Crippen LogP contribution in [0.25, 0.3) is 0 Å². The molecule has 740 valence electrons. The van der Waals surface area contributed by atoms with E-state index in [1.165, 1.54) is 20.8 Å². The lowest BCUT2D eigenvalue weighted by Gasteiger charge is -2.24. The van der Waals surface area contributed by atoms with Crippen LogP contribution in [0.1, 0.15) is 162 Å². The van der Waals surface area contributed by atoms with Crippen molar-refractivity contribution in [3.05, 3.63) is 119 Å². The number of rotatable bonds is 63. The Balaban J connectivity index is 0.000000707. The predicted octanol–water partition coefficient (Wildman–Crippen LogP) is 7.45. The number of ether oxygens (including phenoxy) is 10. The van der Waals surface area contributed by atoms with Crippen molar-refractivity contribution in [1.82, 2.24) is 26.6 Å². The van der Waals surface area contributed by atoms with Gasteiger partial charge in [-0.3, -0.25) is 62.3 Å². The first-order chi connectivity index (χ1) is 63.0. The number of nitrogens with two attached hydrogens (primary N) is 4. The van der Waals surface area contributed by atoms with Crippen LogP contribution in [0.5, 0.6) is 5.75 Å². The number of carbonyl (C=O) groups is 16. The Bertz CT molecular complexity index is 4340. The van der Waals surface area contributed by atoms with E-state index in [0.29, 0.717) is 54.9 Å². The Labute approximate surface area is 767 Å². The molecule has 4 rings (SSSR count). The summed E-state index contributed by atoms with van der Waals surface area (Å²) in [5.74, 6) is -22.1. The fourth-order valence-corrected chi connectivity index (χ4v) is 11.8. The molecule has 44 heteroatoms. The van der Waals surface area contributed by atoms with E-state index >= 15 is 0 Å². The van der Waals surface area contributed by atoms with E-state index in [9.17, 15) is 98.7 Å². The second-order valence-electron chi connectivity index (χ2n) is 31.1. The molecule has 0 aliphatic carbocycles. The quantitative estimate of drug-likeness (QED) is 0.00388. The van der Waals surface area contributed by atoms with E-state index in [2.05, 4.69) is 47.3 Å². The summed E-state index contributed by atoms with van der Waals surface area (Å²) >= 11 is 0. The second kappa shape index (κ2) is 66.2. The first-order valence-electron chi connectivity index (χ1n) is 43.0. The fourth-order valence-electron chi connectivity index (χ4n) is 11.8.